The molecule has 0 amide bonds. The Hall–Kier alpha value is -0.580. The van der Waals surface area contributed by atoms with Crippen molar-refractivity contribution in [1.29, 1.82) is 0 Å². The van der Waals surface area contributed by atoms with Crippen molar-refractivity contribution in [3.63, 3.8) is 0 Å². The molecule has 0 aliphatic rings. The molecule has 0 radical (unpaired) electrons. The van der Waals surface area contributed by atoms with Gasteiger partial charge in [-0.15, -0.1) is 12.4 Å². The number of hydrogen-bond donors (Lipinski definition) is 1. The summed E-state index contributed by atoms with van der Waals surface area (Å²) in [5.74, 6) is 0. The average Bonchev–Trinajstić information content (AvgIpc) is 2.65. The summed E-state index contributed by atoms with van der Waals surface area (Å²) in [4.78, 5) is 0. The number of aromatic nitrogens is 2. The van der Waals surface area contributed by atoms with E-state index in [1.807, 2.05) is 16.9 Å². The van der Waals surface area contributed by atoms with Crippen LogP contribution in [0.2, 0.25) is 0 Å². The minimum Gasteiger partial charge on any atom is -0.385 e. The van der Waals surface area contributed by atoms with Crippen LogP contribution >= 0.6 is 12.4 Å². The SMILES string of the molecule is CCn1nccc1CNCCCOC.Cl. The second-order valence-electron chi connectivity index (χ2n) is 3.16. The molecule has 0 atom stereocenters. The second kappa shape index (κ2) is 8.71. The number of aryl methyl sites for hydroxylation is 1. The van der Waals surface area contributed by atoms with Gasteiger partial charge in [0.15, 0.2) is 0 Å². The third-order valence-corrected chi connectivity index (χ3v) is 2.11. The molecule has 0 saturated carbocycles. The largest absolute Gasteiger partial charge is 0.385 e. The molecule has 5 heteroatoms. The Labute approximate surface area is 97.4 Å². The van der Waals surface area contributed by atoms with E-state index in [1.54, 1.807) is 7.11 Å². The van der Waals surface area contributed by atoms with Crippen LogP contribution in [-0.4, -0.2) is 30.0 Å². The molecule has 0 saturated heterocycles. The quantitative estimate of drug-likeness (QED) is 0.725. The fourth-order valence-electron chi connectivity index (χ4n) is 1.35. The predicted octanol–water partition coefficient (Wildman–Crippen LogP) is 1.45. The minimum absolute atomic E-state index is 0. The molecule has 15 heavy (non-hydrogen) atoms. The molecule has 0 spiro atoms. The third-order valence-electron chi connectivity index (χ3n) is 2.11. The molecule has 0 aromatic carbocycles. The van der Waals surface area contributed by atoms with Crippen molar-refractivity contribution in [1.82, 2.24) is 15.1 Å². The van der Waals surface area contributed by atoms with Gasteiger partial charge in [0.05, 0.1) is 5.69 Å². The Morgan fingerprint density at radius 3 is 3.00 bits per heavy atom. The zero-order valence-electron chi connectivity index (χ0n) is 9.40. The molecule has 1 aromatic rings. The zero-order valence-corrected chi connectivity index (χ0v) is 10.2. The van der Waals surface area contributed by atoms with Crippen molar-refractivity contribution >= 4 is 12.4 Å². The van der Waals surface area contributed by atoms with Gasteiger partial charge in [0, 0.05) is 33.0 Å². The first-order chi connectivity index (χ1) is 6.88. The van der Waals surface area contributed by atoms with E-state index in [4.69, 9.17) is 4.74 Å². The fourth-order valence-corrected chi connectivity index (χ4v) is 1.35. The maximum Gasteiger partial charge on any atom is 0.0521 e. The molecular formula is C10H20ClN3O. The zero-order chi connectivity index (χ0) is 10.2. The first-order valence-electron chi connectivity index (χ1n) is 5.08. The van der Waals surface area contributed by atoms with Crippen LogP contribution in [0.5, 0.6) is 0 Å². The van der Waals surface area contributed by atoms with Gasteiger partial charge in [-0.3, -0.25) is 4.68 Å². The fraction of sp³-hybridized carbons (Fsp3) is 0.700. The summed E-state index contributed by atoms with van der Waals surface area (Å²) in [5.41, 5.74) is 1.24. The molecule has 0 aliphatic carbocycles. The molecule has 1 aromatic heterocycles. The number of ether oxygens (including phenoxy) is 1. The van der Waals surface area contributed by atoms with Crippen LogP contribution in [0.15, 0.2) is 12.3 Å². The first kappa shape index (κ1) is 14.4. The van der Waals surface area contributed by atoms with Gasteiger partial charge < -0.3 is 10.1 Å². The standard InChI is InChI=1S/C10H19N3O.ClH/c1-3-13-10(5-7-12-13)9-11-6-4-8-14-2;/h5,7,11H,3-4,6,8-9H2,1-2H3;1H. The van der Waals surface area contributed by atoms with Gasteiger partial charge >= 0.3 is 0 Å². The Balaban J connectivity index is 0.00000196. The average molecular weight is 234 g/mol. The maximum absolute atomic E-state index is 4.97. The van der Waals surface area contributed by atoms with Gasteiger partial charge in [0.2, 0.25) is 0 Å². The van der Waals surface area contributed by atoms with Crippen molar-refractivity contribution in [3.8, 4) is 0 Å². The number of halogens is 1. The van der Waals surface area contributed by atoms with Gasteiger partial charge in [0.25, 0.3) is 0 Å². The molecule has 0 bridgehead atoms. The molecule has 0 unspecified atom stereocenters. The lowest BCUT2D eigenvalue weighted by molar-refractivity contribution is 0.194. The highest BCUT2D eigenvalue weighted by molar-refractivity contribution is 5.85. The summed E-state index contributed by atoms with van der Waals surface area (Å²) >= 11 is 0. The van der Waals surface area contributed by atoms with E-state index in [-0.39, 0.29) is 12.4 Å². The van der Waals surface area contributed by atoms with E-state index >= 15 is 0 Å². The maximum atomic E-state index is 4.97. The summed E-state index contributed by atoms with van der Waals surface area (Å²) in [7, 11) is 1.73. The number of nitrogens with zero attached hydrogens (tertiary/aromatic N) is 2. The van der Waals surface area contributed by atoms with Crippen LogP contribution in [0.4, 0.5) is 0 Å². The molecule has 88 valence electrons. The van der Waals surface area contributed by atoms with Crippen molar-refractivity contribution in [3.05, 3.63) is 18.0 Å². The van der Waals surface area contributed by atoms with Crippen LogP contribution in [0.1, 0.15) is 19.0 Å². The highest BCUT2D eigenvalue weighted by Gasteiger charge is 1.98. The lowest BCUT2D eigenvalue weighted by Crippen LogP contribution is -2.18. The minimum atomic E-state index is 0. The molecule has 1 rings (SSSR count). The second-order valence-corrected chi connectivity index (χ2v) is 3.16. The van der Waals surface area contributed by atoms with Crippen LogP contribution in [0.25, 0.3) is 0 Å². The van der Waals surface area contributed by atoms with Crippen molar-refractivity contribution in [2.45, 2.75) is 26.4 Å². The van der Waals surface area contributed by atoms with E-state index in [0.717, 1.165) is 32.7 Å². The summed E-state index contributed by atoms with van der Waals surface area (Å²) in [5, 5.41) is 7.56. The number of rotatable bonds is 7. The van der Waals surface area contributed by atoms with Gasteiger partial charge in [-0.25, -0.2) is 0 Å². The normalized spacial score (nSPS) is 10.0. The Kier molecular flexibility index (Phi) is 8.37. The van der Waals surface area contributed by atoms with E-state index in [1.165, 1.54) is 5.69 Å². The number of nitrogens with one attached hydrogen (secondary N) is 1. The van der Waals surface area contributed by atoms with Crippen LogP contribution in [0, 0.1) is 0 Å². The summed E-state index contributed by atoms with van der Waals surface area (Å²) in [6.07, 6.45) is 2.90. The topological polar surface area (TPSA) is 39.1 Å². The van der Waals surface area contributed by atoms with E-state index in [9.17, 15) is 0 Å². The Morgan fingerprint density at radius 2 is 2.33 bits per heavy atom. The molecule has 0 fully saturated rings. The van der Waals surface area contributed by atoms with Gasteiger partial charge in [-0.1, -0.05) is 0 Å². The highest BCUT2D eigenvalue weighted by Crippen LogP contribution is 1.97. The Morgan fingerprint density at radius 1 is 1.53 bits per heavy atom. The molecule has 1 N–H and O–H groups in total. The van der Waals surface area contributed by atoms with Crippen LogP contribution in [0.3, 0.4) is 0 Å². The smallest absolute Gasteiger partial charge is 0.0521 e. The lowest BCUT2D eigenvalue weighted by atomic mass is 10.4. The van der Waals surface area contributed by atoms with Gasteiger partial charge in [-0.05, 0) is 26.0 Å². The van der Waals surface area contributed by atoms with Crippen molar-refractivity contribution in [2.75, 3.05) is 20.3 Å². The predicted molar refractivity (Wildman–Crippen MR) is 63.3 cm³/mol. The summed E-state index contributed by atoms with van der Waals surface area (Å²) < 4.78 is 6.97. The van der Waals surface area contributed by atoms with E-state index in [2.05, 4.69) is 17.3 Å². The molecule has 1 heterocycles. The summed E-state index contributed by atoms with van der Waals surface area (Å²) in [6.45, 7) is 5.73. The number of hydrogen-bond acceptors (Lipinski definition) is 3. The molecular weight excluding hydrogens is 214 g/mol. The number of methoxy groups -OCH3 is 1. The Bertz CT molecular complexity index is 253. The van der Waals surface area contributed by atoms with Crippen molar-refractivity contribution in [2.24, 2.45) is 0 Å². The monoisotopic (exact) mass is 233 g/mol. The lowest BCUT2D eigenvalue weighted by Gasteiger charge is -2.06. The van der Waals surface area contributed by atoms with E-state index in [0.29, 0.717) is 0 Å². The molecule has 0 aliphatic heterocycles. The highest BCUT2D eigenvalue weighted by atomic mass is 35.5. The first-order valence-corrected chi connectivity index (χ1v) is 5.08. The van der Waals surface area contributed by atoms with Gasteiger partial charge in [-0.2, -0.15) is 5.10 Å². The van der Waals surface area contributed by atoms with Gasteiger partial charge in [0.1, 0.15) is 0 Å². The molecule has 4 nitrogen and oxygen atoms in total. The summed E-state index contributed by atoms with van der Waals surface area (Å²) in [6, 6.07) is 2.05. The van der Waals surface area contributed by atoms with Crippen LogP contribution in [-0.2, 0) is 17.8 Å². The third kappa shape index (κ3) is 5.16. The van der Waals surface area contributed by atoms with Crippen molar-refractivity contribution < 1.29 is 4.74 Å². The van der Waals surface area contributed by atoms with Crippen LogP contribution < -0.4 is 5.32 Å². The van der Waals surface area contributed by atoms with E-state index < -0.39 is 0 Å².